The maximum absolute atomic E-state index is 13.6. The summed E-state index contributed by atoms with van der Waals surface area (Å²) >= 11 is 6.01. The summed E-state index contributed by atoms with van der Waals surface area (Å²) in [7, 11) is 2.15. The second-order valence-electron chi connectivity index (χ2n) is 7.46. The third-order valence-corrected chi connectivity index (χ3v) is 5.74. The first-order chi connectivity index (χ1) is 12.9. The molecule has 2 heterocycles. The first kappa shape index (κ1) is 18.3. The topological polar surface area (TPSA) is 24.3 Å². The number of piperazine rings is 1. The number of rotatable bonds is 3. The summed E-state index contributed by atoms with van der Waals surface area (Å²) < 4.78 is 15.8. The smallest absolute Gasteiger partial charge is 0.206 e. The minimum atomic E-state index is -0.387. The third kappa shape index (κ3) is 3.54. The van der Waals surface area contributed by atoms with Gasteiger partial charge in [-0.1, -0.05) is 17.7 Å². The summed E-state index contributed by atoms with van der Waals surface area (Å²) in [6.07, 6.45) is 0. The molecule has 3 aromatic rings. The van der Waals surface area contributed by atoms with Gasteiger partial charge in [0.15, 0.2) is 0 Å². The van der Waals surface area contributed by atoms with Crippen LogP contribution >= 0.6 is 11.6 Å². The number of hydrogen-bond donors (Lipinski definition) is 0. The summed E-state index contributed by atoms with van der Waals surface area (Å²) in [6.45, 7) is 8.78. The number of aryl methyl sites for hydroxylation is 2. The number of imidazole rings is 1. The minimum Gasteiger partial charge on any atom is -0.340 e. The lowest BCUT2D eigenvalue weighted by molar-refractivity contribution is 0.310. The summed E-state index contributed by atoms with van der Waals surface area (Å²) in [5.41, 5.74) is 5.55. The van der Waals surface area contributed by atoms with Crippen molar-refractivity contribution in [2.24, 2.45) is 0 Å². The molecule has 0 aliphatic carbocycles. The molecule has 2 aromatic carbocycles. The van der Waals surface area contributed by atoms with E-state index in [2.05, 4.69) is 47.4 Å². The van der Waals surface area contributed by atoms with Gasteiger partial charge in [-0.05, 0) is 61.9 Å². The van der Waals surface area contributed by atoms with Crippen molar-refractivity contribution < 1.29 is 4.39 Å². The number of aromatic nitrogens is 2. The highest BCUT2D eigenvalue weighted by Gasteiger charge is 2.21. The normalized spacial score (nSPS) is 15.7. The lowest BCUT2D eigenvalue weighted by Crippen LogP contribution is -2.45. The van der Waals surface area contributed by atoms with Gasteiger partial charge in [0.05, 0.1) is 22.6 Å². The number of anilines is 1. The zero-order chi connectivity index (χ0) is 19.1. The van der Waals surface area contributed by atoms with Crippen LogP contribution in [0.5, 0.6) is 0 Å². The van der Waals surface area contributed by atoms with Crippen molar-refractivity contribution in [3.63, 3.8) is 0 Å². The van der Waals surface area contributed by atoms with Gasteiger partial charge < -0.3 is 14.4 Å². The van der Waals surface area contributed by atoms with E-state index in [0.717, 1.165) is 48.7 Å². The molecule has 0 N–H and O–H groups in total. The predicted octanol–water partition coefficient (Wildman–Crippen LogP) is 4.25. The summed E-state index contributed by atoms with van der Waals surface area (Å²) in [5, 5.41) is 0.157. The Morgan fingerprint density at radius 1 is 1.04 bits per heavy atom. The van der Waals surface area contributed by atoms with Gasteiger partial charge in [0.2, 0.25) is 5.95 Å². The molecule has 1 aromatic heterocycles. The van der Waals surface area contributed by atoms with Crippen molar-refractivity contribution in [2.45, 2.75) is 20.4 Å². The van der Waals surface area contributed by atoms with Crippen LogP contribution in [0.4, 0.5) is 10.3 Å². The summed E-state index contributed by atoms with van der Waals surface area (Å²) in [5.74, 6) is 0.588. The van der Waals surface area contributed by atoms with Gasteiger partial charge in [-0.2, -0.15) is 0 Å². The largest absolute Gasteiger partial charge is 0.340 e. The molecule has 0 amide bonds. The van der Waals surface area contributed by atoms with Crippen LogP contribution in [-0.4, -0.2) is 47.7 Å². The van der Waals surface area contributed by atoms with E-state index in [1.54, 1.807) is 12.1 Å². The van der Waals surface area contributed by atoms with Crippen LogP contribution in [0.15, 0.2) is 30.3 Å². The molecule has 4 nitrogen and oxygen atoms in total. The Labute approximate surface area is 164 Å². The fraction of sp³-hybridized carbons (Fsp3) is 0.381. The molecule has 142 valence electrons. The highest BCUT2D eigenvalue weighted by molar-refractivity contribution is 6.30. The first-order valence-electron chi connectivity index (χ1n) is 9.27. The SMILES string of the molecule is Cc1cc2nc(N3CCN(C)CC3)n(Cc3ccc(F)c(Cl)c3)c2cc1C. The Balaban J connectivity index is 1.80. The van der Waals surface area contributed by atoms with Crippen molar-refractivity contribution in [2.75, 3.05) is 38.1 Å². The number of nitrogens with zero attached hydrogens (tertiary/aromatic N) is 4. The van der Waals surface area contributed by atoms with Gasteiger partial charge in [-0.3, -0.25) is 0 Å². The van der Waals surface area contributed by atoms with E-state index in [0.29, 0.717) is 6.54 Å². The molecule has 1 saturated heterocycles. The number of halogens is 2. The fourth-order valence-corrected chi connectivity index (χ4v) is 3.79. The molecule has 0 atom stereocenters. The Kier molecular flexibility index (Phi) is 4.82. The lowest BCUT2D eigenvalue weighted by atomic mass is 10.1. The molecule has 27 heavy (non-hydrogen) atoms. The van der Waals surface area contributed by atoms with Crippen LogP contribution < -0.4 is 4.90 Å². The molecule has 0 unspecified atom stereocenters. The Morgan fingerprint density at radius 3 is 2.44 bits per heavy atom. The predicted molar refractivity (Wildman–Crippen MR) is 109 cm³/mol. The highest BCUT2D eigenvalue weighted by Crippen LogP contribution is 2.28. The zero-order valence-corrected chi connectivity index (χ0v) is 16.7. The number of likely N-dealkylation sites (N-methyl/N-ethyl adjacent to an activating group) is 1. The van der Waals surface area contributed by atoms with Crippen molar-refractivity contribution in [3.05, 3.63) is 57.9 Å². The van der Waals surface area contributed by atoms with Crippen molar-refractivity contribution >= 4 is 28.6 Å². The molecular weight excluding hydrogens is 363 g/mol. The number of fused-ring (bicyclic) bond motifs is 1. The minimum absolute atomic E-state index is 0.157. The van der Waals surface area contributed by atoms with Gasteiger partial charge in [0, 0.05) is 26.2 Å². The maximum atomic E-state index is 13.6. The van der Waals surface area contributed by atoms with Crippen LogP contribution in [0.25, 0.3) is 11.0 Å². The quantitative estimate of drug-likeness (QED) is 0.672. The molecule has 1 aliphatic rings. The van der Waals surface area contributed by atoms with E-state index < -0.39 is 0 Å². The van der Waals surface area contributed by atoms with Crippen molar-refractivity contribution in [3.8, 4) is 0 Å². The standard InChI is InChI=1S/C21H24ClFN4/c1-14-10-19-20(11-15(14)2)27(13-16-4-5-18(23)17(22)12-16)21(24-19)26-8-6-25(3)7-9-26/h4-5,10-12H,6-9,13H2,1-3H3. The van der Waals surface area contributed by atoms with E-state index in [1.165, 1.54) is 17.2 Å². The van der Waals surface area contributed by atoms with Crippen LogP contribution in [-0.2, 0) is 6.54 Å². The molecule has 0 radical (unpaired) electrons. The second-order valence-corrected chi connectivity index (χ2v) is 7.87. The molecule has 0 spiro atoms. The molecule has 0 bridgehead atoms. The van der Waals surface area contributed by atoms with Gasteiger partial charge in [0.1, 0.15) is 5.82 Å². The van der Waals surface area contributed by atoms with E-state index in [4.69, 9.17) is 16.6 Å². The molecule has 0 saturated carbocycles. The fourth-order valence-electron chi connectivity index (χ4n) is 3.59. The Bertz CT molecular complexity index is 990. The lowest BCUT2D eigenvalue weighted by Gasteiger charge is -2.33. The Hall–Kier alpha value is -2.11. The summed E-state index contributed by atoms with van der Waals surface area (Å²) in [6, 6.07) is 9.28. The van der Waals surface area contributed by atoms with E-state index in [-0.39, 0.29) is 10.8 Å². The summed E-state index contributed by atoms with van der Waals surface area (Å²) in [4.78, 5) is 9.64. The van der Waals surface area contributed by atoms with Gasteiger partial charge in [0.25, 0.3) is 0 Å². The van der Waals surface area contributed by atoms with Gasteiger partial charge in [-0.25, -0.2) is 9.37 Å². The zero-order valence-electron chi connectivity index (χ0n) is 16.0. The van der Waals surface area contributed by atoms with Crippen LogP contribution in [0.1, 0.15) is 16.7 Å². The third-order valence-electron chi connectivity index (χ3n) is 5.45. The first-order valence-corrected chi connectivity index (χ1v) is 9.65. The maximum Gasteiger partial charge on any atom is 0.206 e. The van der Waals surface area contributed by atoms with Crippen LogP contribution in [0, 0.1) is 19.7 Å². The van der Waals surface area contributed by atoms with Crippen molar-refractivity contribution in [1.82, 2.24) is 14.5 Å². The molecule has 4 rings (SSSR count). The highest BCUT2D eigenvalue weighted by atomic mass is 35.5. The van der Waals surface area contributed by atoms with Gasteiger partial charge in [-0.15, -0.1) is 0 Å². The molecule has 1 fully saturated rings. The second kappa shape index (κ2) is 7.13. The van der Waals surface area contributed by atoms with E-state index >= 15 is 0 Å². The molecular formula is C21H24ClFN4. The van der Waals surface area contributed by atoms with E-state index in [1.807, 2.05) is 0 Å². The van der Waals surface area contributed by atoms with E-state index in [9.17, 15) is 4.39 Å². The van der Waals surface area contributed by atoms with Crippen LogP contribution in [0.3, 0.4) is 0 Å². The average Bonchev–Trinajstić information content (AvgIpc) is 2.97. The van der Waals surface area contributed by atoms with Gasteiger partial charge >= 0.3 is 0 Å². The molecule has 1 aliphatic heterocycles. The van der Waals surface area contributed by atoms with Crippen molar-refractivity contribution in [1.29, 1.82) is 0 Å². The number of benzene rings is 2. The number of hydrogen-bond acceptors (Lipinski definition) is 3. The van der Waals surface area contributed by atoms with Crippen LogP contribution in [0.2, 0.25) is 5.02 Å². The monoisotopic (exact) mass is 386 g/mol. The molecule has 6 heteroatoms. The Morgan fingerprint density at radius 2 is 1.74 bits per heavy atom. The average molecular weight is 387 g/mol.